The molecule has 0 saturated heterocycles. The quantitative estimate of drug-likeness (QED) is 0.612. The Morgan fingerprint density at radius 2 is 2.04 bits per heavy atom. The zero-order valence-electron chi connectivity index (χ0n) is 15.8. The van der Waals surface area contributed by atoms with Crippen molar-refractivity contribution in [1.29, 1.82) is 0 Å². The molecule has 10 heteroatoms. The van der Waals surface area contributed by atoms with Gasteiger partial charge >= 0.3 is 11.8 Å². The third-order valence-corrected chi connectivity index (χ3v) is 4.83. The summed E-state index contributed by atoms with van der Waals surface area (Å²) in [6.07, 6.45) is 0.771. The number of pyridine rings is 1. The number of hydrogen-bond acceptors (Lipinski definition) is 4. The van der Waals surface area contributed by atoms with Crippen LogP contribution in [0.25, 0.3) is 21.9 Å². The number of amides is 1. The van der Waals surface area contributed by atoms with Crippen LogP contribution in [0.4, 0.5) is 13.6 Å². The number of carbonyl (C=O) groups is 1. The third-order valence-electron chi connectivity index (χ3n) is 4.10. The number of fused-ring (bicyclic) bond motifs is 3. The van der Waals surface area contributed by atoms with E-state index in [1.165, 1.54) is 22.4 Å². The normalized spacial score (nSPS) is 12.0. The average molecular weight is 457 g/mol. The fraction of sp³-hybridized carbons (Fsp3) is 0.389. The van der Waals surface area contributed by atoms with Gasteiger partial charge in [-0.25, -0.2) is 18.4 Å². The minimum Gasteiger partial charge on any atom is -0.444 e. The summed E-state index contributed by atoms with van der Waals surface area (Å²) in [6.45, 7) is 5.37. The van der Waals surface area contributed by atoms with Gasteiger partial charge in [0.15, 0.2) is 5.82 Å². The molecule has 2 heterocycles. The van der Waals surface area contributed by atoms with Crippen molar-refractivity contribution < 1.29 is 18.3 Å². The number of ether oxygens (including phenoxy) is 1. The highest BCUT2D eigenvalue weighted by Gasteiger charge is 2.21. The molecule has 1 aromatic carbocycles. The molecule has 0 saturated carbocycles. The molecule has 3 rings (SSSR count). The number of rotatable bonds is 3. The highest BCUT2D eigenvalue weighted by Crippen LogP contribution is 2.31. The van der Waals surface area contributed by atoms with E-state index in [-0.39, 0.29) is 34.0 Å². The molecule has 1 amide bonds. The van der Waals surface area contributed by atoms with Crippen molar-refractivity contribution in [2.45, 2.75) is 32.9 Å². The van der Waals surface area contributed by atoms with Crippen molar-refractivity contribution >= 4 is 44.0 Å². The summed E-state index contributed by atoms with van der Waals surface area (Å²) >= 11 is 2.89. The predicted molar refractivity (Wildman–Crippen MR) is 104 cm³/mol. The number of alkyl carbamates (subject to hydrolysis) is 1. The summed E-state index contributed by atoms with van der Waals surface area (Å²) in [5.74, 6) is -1.62. The van der Waals surface area contributed by atoms with Crippen LogP contribution in [0.3, 0.4) is 0 Å². The number of aryl methyl sites for hydroxylation is 1. The van der Waals surface area contributed by atoms with Crippen molar-refractivity contribution in [1.82, 2.24) is 19.4 Å². The Labute approximate surface area is 167 Å². The lowest BCUT2D eigenvalue weighted by atomic mass is 10.1. The minimum absolute atomic E-state index is 0.0285. The van der Waals surface area contributed by atoms with Crippen LogP contribution in [0.15, 0.2) is 21.5 Å². The zero-order valence-corrected chi connectivity index (χ0v) is 17.4. The first-order chi connectivity index (χ1) is 13.0. The van der Waals surface area contributed by atoms with E-state index in [0.717, 1.165) is 6.07 Å². The second-order valence-electron chi connectivity index (χ2n) is 7.29. The Hall–Kier alpha value is -2.49. The van der Waals surface area contributed by atoms with Crippen molar-refractivity contribution in [2.24, 2.45) is 7.05 Å². The molecule has 0 spiro atoms. The van der Waals surface area contributed by atoms with Gasteiger partial charge in [-0.05, 0) is 36.7 Å². The van der Waals surface area contributed by atoms with E-state index in [0.29, 0.717) is 5.52 Å². The van der Waals surface area contributed by atoms with E-state index in [1.54, 1.807) is 20.8 Å². The van der Waals surface area contributed by atoms with E-state index in [9.17, 15) is 18.4 Å². The Balaban J connectivity index is 2.05. The van der Waals surface area contributed by atoms with E-state index in [4.69, 9.17) is 4.74 Å². The van der Waals surface area contributed by atoms with Gasteiger partial charge in [-0.1, -0.05) is 0 Å². The minimum atomic E-state index is -0.840. The van der Waals surface area contributed by atoms with Crippen LogP contribution < -0.4 is 11.0 Å². The first-order valence-electron chi connectivity index (χ1n) is 8.49. The van der Waals surface area contributed by atoms with Gasteiger partial charge in [-0.2, -0.15) is 0 Å². The molecule has 2 aromatic heterocycles. The van der Waals surface area contributed by atoms with E-state index in [2.05, 4.69) is 26.2 Å². The van der Waals surface area contributed by atoms with Crippen LogP contribution in [-0.4, -0.2) is 32.4 Å². The fourth-order valence-corrected chi connectivity index (χ4v) is 3.23. The van der Waals surface area contributed by atoms with Crippen LogP contribution >= 0.6 is 15.9 Å². The van der Waals surface area contributed by atoms with E-state index >= 15 is 0 Å². The monoisotopic (exact) mass is 456 g/mol. The fourth-order valence-electron chi connectivity index (χ4n) is 2.92. The van der Waals surface area contributed by atoms with Gasteiger partial charge < -0.3 is 10.1 Å². The number of halogens is 3. The Morgan fingerprint density at radius 3 is 2.68 bits per heavy atom. The van der Waals surface area contributed by atoms with Crippen LogP contribution in [0.5, 0.6) is 0 Å². The van der Waals surface area contributed by atoms with Crippen molar-refractivity contribution in [3.63, 3.8) is 0 Å². The number of nitrogens with zero attached hydrogens (tertiary/aromatic N) is 3. The molecule has 0 aliphatic rings. The maximum absolute atomic E-state index is 14.8. The summed E-state index contributed by atoms with van der Waals surface area (Å²) in [7, 11) is 1.53. The molecule has 1 N–H and O–H groups in total. The molecule has 0 aliphatic carbocycles. The maximum atomic E-state index is 14.8. The van der Waals surface area contributed by atoms with Gasteiger partial charge in [-0.3, -0.25) is 14.1 Å². The van der Waals surface area contributed by atoms with Gasteiger partial charge in [0, 0.05) is 26.2 Å². The lowest BCUT2D eigenvalue weighted by molar-refractivity contribution is 0.0526. The van der Waals surface area contributed by atoms with Gasteiger partial charge in [0.1, 0.15) is 11.4 Å². The molecule has 0 fully saturated rings. The zero-order chi connectivity index (χ0) is 20.8. The Bertz CT molecular complexity index is 1150. The average Bonchev–Trinajstić information content (AvgIpc) is 2.83. The number of carbonyl (C=O) groups excluding carboxylic acids is 1. The van der Waals surface area contributed by atoms with Crippen molar-refractivity contribution in [3.05, 3.63) is 38.9 Å². The molecule has 0 unspecified atom stereocenters. The first kappa shape index (κ1) is 20.2. The predicted octanol–water partition coefficient (Wildman–Crippen LogP) is 3.45. The molecule has 0 bridgehead atoms. The van der Waals surface area contributed by atoms with Gasteiger partial charge in [0.25, 0.3) is 0 Å². The molecule has 3 aromatic rings. The number of aromatic nitrogens is 3. The molecule has 0 aliphatic heterocycles. The Kier molecular flexibility index (Phi) is 5.18. The highest BCUT2D eigenvalue weighted by molar-refractivity contribution is 9.10. The SMILES string of the molecule is Cn1c(=O)n(CCNC(=O)OC(C)(C)C)c2c3c(F)c(Br)c(F)cc3ncc21. The topological polar surface area (TPSA) is 78.2 Å². The molecule has 150 valence electrons. The van der Waals surface area contributed by atoms with Gasteiger partial charge in [-0.15, -0.1) is 0 Å². The van der Waals surface area contributed by atoms with Crippen LogP contribution in [0.2, 0.25) is 0 Å². The highest BCUT2D eigenvalue weighted by atomic mass is 79.9. The largest absolute Gasteiger partial charge is 0.444 e. The molecular weight excluding hydrogens is 438 g/mol. The summed E-state index contributed by atoms with van der Waals surface area (Å²) in [5, 5.41) is 2.59. The standard InChI is InChI=1S/C18H19BrF2N4O3/c1-18(2,3)28-16(26)22-5-6-25-15-11(24(4)17(25)27)8-23-10-7-9(20)13(19)14(21)12(10)15/h7-8H,5-6H2,1-4H3,(H,22,26). The second kappa shape index (κ2) is 7.16. The molecule has 0 atom stereocenters. The molecular formula is C18H19BrF2N4O3. The lowest BCUT2D eigenvalue weighted by Gasteiger charge is -2.19. The number of benzene rings is 1. The van der Waals surface area contributed by atoms with Gasteiger partial charge in [0.05, 0.1) is 32.6 Å². The molecule has 28 heavy (non-hydrogen) atoms. The van der Waals surface area contributed by atoms with Crippen LogP contribution in [-0.2, 0) is 18.3 Å². The summed E-state index contributed by atoms with van der Waals surface area (Å²) < 4.78 is 36.1. The van der Waals surface area contributed by atoms with E-state index in [1.807, 2.05) is 0 Å². The van der Waals surface area contributed by atoms with Crippen molar-refractivity contribution in [3.8, 4) is 0 Å². The third kappa shape index (κ3) is 3.60. The smallest absolute Gasteiger partial charge is 0.407 e. The van der Waals surface area contributed by atoms with Gasteiger partial charge in [0.2, 0.25) is 0 Å². The summed E-state index contributed by atoms with van der Waals surface area (Å²) in [6, 6.07) is 1.10. The summed E-state index contributed by atoms with van der Waals surface area (Å²) in [5.41, 5.74) is -0.295. The first-order valence-corrected chi connectivity index (χ1v) is 9.29. The summed E-state index contributed by atoms with van der Waals surface area (Å²) in [4.78, 5) is 28.5. The number of nitrogens with one attached hydrogen (secondary N) is 1. The Morgan fingerprint density at radius 1 is 1.36 bits per heavy atom. The number of imidazole rings is 1. The molecule has 7 nitrogen and oxygen atoms in total. The maximum Gasteiger partial charge on any atom is 0.407 e. The van der Waals surface area contributed by atoms with Crippen LogP contribution in [0.1, 0.15) is 20.8 Å². The lowest BCUT2D eigenvalue weighted by Crippen LogP contribution is -2.35. The number of hydrogen-bond donors (Lipinski definition) is 1. The molecule has 0 radical (unpaired) electrons. The van der Waals surface area contributed by atoms with Crippen LogP contribution in [0, 0.1) is 11.6 Å². The van der Waals surface area contributed by atoms with E-state index < -0.39 is 29.0 Å². The van der Waals surface area contributed by atoms with Crippen molar-refractivity contribution in [2.75, 3.05) is 6.54 Å². The second-order valence-corrected chi connectivity index (χ2v) is 8.09.